The summed E-state index contributed by atoms with van der Waals surface area (Å²) in [5, 5.41) is 4.79. The molecule has 1 aliphatic carbocycles. The number of carbonyl (C=O) groups is 3. The molecule has 3 amide bonds. The molecule has 7 heteroatoms. The highest BCUT2D eigenvalue weighted by Crippen LogP contribution is 2.32. The number of amides is 3. The topological polar surface area (TPSA) is 81.8 Å². The third-order valence-electron chi connectivity index (χ3n) is 6.50. The van der Waals surface area contributed by atoms with Crippen LogP contribution in [0.4, 0.5) is 11.4 Å². The smallest absolute Gasteiger partial charge is 0.254 e. The molecule has 3 atom stereocenters. The summed E-state index contributed by atoms with van der Waals surface area (Å²) < 4.78 is 0. The Morgan fingerprint density at radius 2 is 1.75 bits per heavy atom. The third-order valence-corrected chi connectivity index (χ3v) is 6.50. The first kappa shape index (κ1) is 20.3. The van der Waals surface area contributed by atoms with Crippen LogP contribution in [-0.4, -0.2) is 41.8 Å². The second-order valence-electron chi connectivity index (χ2n) is 8.60. The van der Waals surface area contributed by atoms with Crippen molar-refractivity contribution in [3.05, 3.63) is 72.3 Å². The average molecular weight is 431 g/mol. The number of anilines is 2. The normalized spacial score (nSPS) is 24.8. The number of hydrogen-bond acceptors (Lipinski definition) is 4. The van der Waals surface area contributed by atoms with Gasteiger partial charge in [-0.05, 0) is 49.6 Å². The van der Waals surface area contributed by atoms with Crippen molar-refractivity contribution in [2.24, 2.45) is 11.8 Å². The minimum Gasteiger partial charge on any atom is -0.380 e. The van der Waals surface area contributed by atoms with Crippen molar-refractivity contribution in [3.8, 4) is 0 Å². The van der Waals surface area contributed by atoms with Gasteiger partial charge in [0, 0.05) is 30.4 Å². The van der Waals surface area contributed by atoms with E-state index in [9.17, 15) is 14.4 Å². The summed E-state index contributed by atoms with van der Waals surface area (Å²) in [5.41, 5.74) is 4.80. The Morgan fingerprint density at radius 1 is 0.969 bits per heavy atom. The fraction of sp³-hybridized carbons (Fsp3) is 0.320. The maximum Gasteiger partial charge on any atom is 0.254 e. The molecule has 2 aliphatic heterocycles. The molecule has 3 aliphatic rings. The van der Waals surface area contributed by atoms with Crippen LogP contribution < -0.4 is 15.8 Å². The van der Waals surface area contributed by atoms with Gasteiger partial charge < -0.3 is 10.2 Å². The van der Waals surface area contributed by atoms with Crippen molar-refractivity contribution in [3.63, 3.8) is 0 Å². The van der Waals surface area contributed by atoms with Crippen molar-refractivity contribution in [2.75, 3.05) is 23.4 Å². The molecular formula is C25H26N4O3. The maximum absolute atomic E-state index is 13.2. The van der Waals surface area contributed by atoms with E-state index in [4.69, 9.17) is 0 Å². The van der Waals surface area contributed by atoms with Crippen molar-refractivity contribution < 1.29 is 14.4 Å². The number of nitrogens with zero attached hydrogens (tertiary/aromatic N) is 2. The van der Waals surface area contributed by atoms with E-state index in [0.29, 0.717) is 37.2 Å². The number of hydrazine groups is 1. The van der Waals surface area contributed by atoms with Gasteiger partial charge >= 0.3 is 0 Å². The molecule has 2 saturated heterocycles. The quantitative estimate of drug-likeness (QED) is 0.731. The van der Waals surface area contributed by atoms with E-state index in [2.05, 4.69) is 10.7 Å². The highest BCUT2D eigenvalue weighted by atomic mass is 16.2. The molecule has 7 nitrogen and oxygen atoms in total. The minimum absolute atomic E-state index is 0.0709. The van der Waals surface area contributed by atoms with E-state index >= 15 is 0 Å². The predicted molar refractivity (Wildman–Crippen MR) is 122 cm³/mol. The lowest BCUT2D eigenvalue weighted by atomic mass is 9.80. The molecule has 0 saturated carbocycles. The van der Waals surface area contributed by atoms with Gasteiger partial charge in [0.15, 0.2) is 0 Å². The summed E-state index contributed by atoms with van der Waals surface area (Å²) >= 11 is 0. The van der Waals surface area contributed by atoms with Crippen LogP contribution in [0.25, 0.3) is 0 Å². The first-order chi connectivity index (χ1) is 15.6. The fourth-order valence-electron chi connectivity index (χ4n) is 4.78. The van der Waals surface area contributed by atoms with Gasteiger partial charge in [0.25, 0.3) is 5.91 Å². The molecule has 32 heavy (non-hydrogen) atoms. The van der Waals surface area contributed by atoms with Crippen LogP contribution in [-0.2, 0) is 9.59 Å². The number of benzene rings is 2. The number of allylic oxidation sites excluding steroid dienone is 2. The van der Waals surface area contributed by atoms with Crippen molar-refractivity contribution >= 4 is 29.1 Å². The van der Waals surface area contributed by atoms with E-state index in [1.165, 1.54) is 5.01 Å². The predicted octanol–water partition coefficient (Wildman–Crippen LogP) is 2.97. The second-order valence-corrected chi connectivity index (χ2v) is 8.60. The molecule has 0 aromatic heterocycles. The number of likely N-dealkylation sites (tertiary alicyclic amines) is 1. The Bertz CT molecular complexity index is 1070. The number of carbonyl (C=O) groups excluding carboxylic acids is 3. The van der Waals surface area contributed by atoms with Gasteiger partial charge in [-0.1, -0.05) is 36.4 Å². The maximum atomic E-state index is 13.2. The Labute approximate surface area is 187 Å². The van der Waals surface area contributed by atoms with Crippen LogP contribution in [0.5, 0.6) is 0 Å². The number of fused-ring (bicyclic) bond motifs is 1. The Kier molecular flexibility index (Phi) is 5.39. The Balaban J connectivity index is 1.29. The largest absolute Gasteiger partial charge is 0.380 e. The number of rotatable bonds is 4. The van der Waals surface area contributed by atoms with Crippen molar-refractivity contribution in [1.29, 1.82) is 0 Å². The summed E-state index contributed by atoms with van der Waals surface area (Å²) in [6.07, 6.45) is 5.94. The molecule has 3 unspecified atom stereocenters. The first-order valence-corrected chi connectivity index (χ1v) is 11.1. The Hall–Kier alpha value is -3.61. The lowest BCUT2D eigenvalue weighted by Crippen LogP contribution is -2.59. The third kappa shape index (κ3) is 3.86. The van der Waals surface area contributed by atoms with E-state index < -0.39 is 0 Å². The van der Waals surface area contributed by atoms with Crippen LogP contribution in [0.2, 0.25) is 0 Å². The molecule has 0 spiro atoms. The van der Waals surface area contributed by atoms with E-state index in [1.807, 2.05) is 47.4 Å². The molecule has 2 N–H and O–H groups in total. The van der Waals surface area contributed by atoms with Crippen molar-refractivity contribution in [1.82, 2.24) is 10.3 Å². The highest BCUT2D eigenvalue weighted by molar-refractivity contribution is 6.05. The summed E-state index contributed by atoms with van der Waals surface area (Å²) in [5.74, 6) is -1.01. The standard InChI is InChI=1S/C25H26N4O3/c30-23-21-11-4-5-12-22(21)25(32)29(27-23)20-10-6-7-17(15-20)24(31)28-14-13-19(16-28)26-18-8-2-1-3-9-18/h1-10,15,19,21-22,26H,11-14,16H2,(H,27,30). The summed E-state index contributed by atoms with van der Waals surface area (Å²) in [7, 11) is 0. The van der Waals surface area contributed by atoms with Gasteiger partial charge in [0.2, 0.25) is 11.8 Å². The van der Waals surface area contributed by atoms with Gasteiger partial charge in [-0.3, -0.25) is 19.8 Å². The minimum atomic E-state index is -0.350. The van der Waals surface area contributed by atoms with Crippen LogP contribution in [0.1, 0.15) is 29.6 Å². The van der Waals surface area contributed by atoms with Gasteiger partial charge in [-0.25, -0.2) is 5.01 Å². The highest BCUT2D eigenvalue weighted by Gasteiger charge is 2.42. The average Bonchev–Trinajstić information content (AvgIpc) is 3.30. The number of nitrogens with one attached hydrogen (secondary N) is 2. The number of para-hydroxylation sites is 1. The molecular weight excluding hydrogens is 404 g/mol. The monoisotopic (exact) mass is 430 g/mol. The fourth-order valence-corrected chi connectivity index (χ4v) is 4.78. The van der Waals surface area contributed by atoms with Gasteiger partial charge in [-0.15, -0.1) is 0 Å². The van der Waals surface area contributed by atoms with Crippen LogP contribution >= 0.6 is 0 Å². The van der Waals surface area contributed by atoms with Crippen LogP contribution in [0, 0.1) is 11.8 Å². The molecule has 2 aromatic carbocycles. The zero-order valence-electron chi connectivity index (χ0n) is 17.7. The zero-order valence-corrected chi connectivity index (χ0v) is 17.7. The van der Waals surface area contributed by atoms with Crippen LogP contribution in [0.15, 0.2) is 66.7 Å². The molecule has 2 heterocycles. The summed E-state index contributed by atoms with van der Waals surface area (Å²) in [6, 6.07) is 17.1. The van der Waals surface area contributed by atoms with E-state index in [-0.39, 0.29) is 35.6 Å². The molecule has 2 aromatic rings. The summed E-state index contributed by atoms with van der Waals surface area (Å²) in [4.78, 5) is 40.6. The Morgan fingerprint density at radius 3 is 2.56 bits per heavy atom. The van der Waals surface area contributed by atoms with Gasteiger partial charge in [-0.2, -0.15) is 0 Å². The molecule has 0 bridgehead atoms. The van der Waals surface area contributed by atoms with Crippen LogP contribution in [0.3, 0.4) is 0 Å². The second kappa shape index (κ2) is 8.49. The van der Waals surface area contributed by atoms with Gasteiger partial charge in [0.05, 0.1) is 17.5 Å². The van der Waals surface area contributed by atoms with Crippen molar-refractivity contribution in [2.45, 2.75) is 25.3 Å². The lowest BCUT2D eigenvalue weighted by Gasteiger charge is -2.38. The SMILES string of the molecule is O=C1NN(c2cccc(C(=O)N3CCC(Nc4ccccc4)C3)c2)C(=O)C2CC=CCC12. The van der Waals surface area contributed by atoms with E-state index in [0.717, 1.165) is 12.1 Å². The first-order valence-electron chi connectivity index (χ1n) is 11.1. The lowest BCUT2D eigenvalue weighted by molar-refractivity contribution is -0.139. The molecule has 164 valence electrons. The molecule has 0 radical (unpaired) electrons. The summed E-state index contributed by atoms with van der Waals surface area (Å²) in [6.45, 7) is 1.29. The number of hydrogen-bond donors (Lipinski definition) is 2. The zero-order chi connectivity index (χ0) is 22.1. The van der Waals surface area contributed by atoms with E-state index in [1.54, 1.807) is 24.3 Å². The molecule has 2 fully saturated rings. The molecule has 5 rings (SSSR count). The van der Waals surface area contributed by atoms with Gasteiger partial charge in [0.1, 0.15) is 0 Å².